The van der Waals surface area contributed by atoms with Gasteiger partial charge in [0.25, 0.3) is 0 Å². The van der Waals surface area contributed by atoms with Crippen LogP contribution in [-0.2, 0) is 9.47 Å². The predicted molar refractivity (Wildman–Crippen MR) is 87.0 cm³/mol. The lowest BCUT2D eigenvalue weighted by molar-refractivity contribution is -0.173. The lowest BCUT2D eigenvalue weighted by Crippen LogP contribution is -2.60. The number of carbonyl (C=O) groups is 1. The number of amides is 1. The molecule has 5 heteroatoms. The van der Waals surface area contributed by atoms with E-state index in [-0.39, 0.29) is 17.8 Å². The molecule has 1 amide bonds. The van der Waals surface area contributed by atoms with Crippen molar-refractivity contribution in [2.24, 2.45) is 0 Å². The molecule has 0 radical (unpaired) electrons. The van der Waals surface area contributed by atoms with Crippen molar-refractivity contribution in [3.63, 3.8) is 0 Å². The van der Waals surface area contributed by atoms with Crippen LogP contribution in [0.4, 0.5) is 4.79 Å². The summed E-state index contributed by atoms with van der Waals surface area (Å²) in [5.74, 6) is 0. The molecule has 0 bridgehead atoms. The van der Waals surface area contributed by atoms with Crippen molar-refractivity contribution in [3.05, 3.63) is 0 Å². The van der Waals surface area contributed by atoms with Gasteiger partial charge in [-0.25, -0.2) is 4.79 Å². The average molecular weight is 312 g/mol. The topological polar surface area (TPSA) is 42.0 Å². The molecule has 22 heavy (non-hydrogen) atoms. The second kappa shape index (κ2) is 6.36. The van der Waals surface area contributed by atoms with E-state index in [0.29, 0.717) is 19.1 Å². The van der Waals surface area contributed by atoms with E-state index in [2.05, 4.69) is 25.7 Å². The van der Waals surface area contributed by atoms with Crippen LogP contribution in [0.2, 0.25) is 0 Å². The molecule has 0 saturated carbocycles. The van der Waals surface area contributed by atoms with Crippen molar-refractivity contribution >= 4 is 6.09 Å². The maximum Gasteiger partial charge on any atom is 0.410 e. The molecule has 1 unspecified atom stereocenters. The summed E-state index contributed by atoms with van der Waals surface area (Å²) in [5, 5.41) is 0. The molecule has 2 rings (SSSR count). The van der Waals surface area contributed by atoms with Gasteiger partial charge in [0.05, 0.1) is 11.7 Å². The summed E-state index contributed by atoms with van der Waals surface area (Å²) in [4.78, 5) is 16.5. The van der Waals surface area contributed by atoms with Gasteiger partial charge in [-0.2, -0.15) is 0 Å². The van der Waals surface area contributed by atoms with Crippen molar-refractivity contribution in [2.45, 2.75) is 77.7 Å². The summed E-state index contributed by atoms with van der Waals surface area (Å²) in [5.41, 5.74) is -0.531. The van der Waals surface area contributed by atoms with Crippen LogP contribution in [0.15, 0.2) is 0 Å². The van der Waals surface area contributed by atoms with Gasteiger partial charge in [-0.05, 0) is 54.4 Å². The zero-order valence-electron chi connectivity index (χ0n) is 15.0. The first-order chi connectivity index (χ1) is 10.1. The molecule has 1 atom stereocenters. The molecule has 0 aromatic rings. The monoisotopic (exact) mass is 312 g/mol. The maximum absolute atomic E-state index is 12.2. The Hall–Kier alpha value is -0.810. The number of likely N-dealkylation sites (tertiary alicyclic amines) is 1. The van der Waals surface area contributed by atoms with Crippen molar-refractivity contribution in [1.29, 1.82) is 0 Å². The number of morpholine rings is 1. The van der Waals surface area contributed by atoms with E-state index >= 15 is 0 Å². The lowest BCUT2D eigenvalue weighted by Gasteiger charge is -2.50. The zero-order valence-corrected chi connectivity index (χ0v) is 15.0. The Bertz CT molecular complexity index is 395. The van der Waals surface area contributed by atoms with E-state index in [1.54, 1.807) is 0 Å². The van der Waals surface area contributed by atoms with E-state index in [1.165, 1.54) is 0 Å². The Morgan fingerprint density at radius 2 is 1.86 bits per heavy atom. The number of hydrogen-bond acceptors (Lipinski definition) is 4. The third-order valence-corrected chi connectivity index (χ3v) is 4.49. The van der Waals surface area contributed by atoms with Crippen LogP contribution in [0.1, 0.15) is 54.4 Å². The first kappa shape index (κ1) is 17.5. The third kappa shape index (κ3) is 4.35. The molecule has 2 saturated heterocycles. The van der Waals surface area contributed by atoms with Crippen LogP contribution in [0.5, 0.6) is 0 Å². The smallest absolute Gasteiger partial charge is 0.410 e. The number of nitrogens with zero attached hydrogens (tertiary/aromatic N) is 2. The van der Waals surface area contributed by atoms with E-state index in [0.717, 1.165) is 25.9 Å². The minimum atomic E-state index is -0.434. The van der Waals surface area contributed by atoms with Gasteiger partial charge in [0.15, 0.2) is 0 Å². The molecule has 0 aliphatic carbocycles. The fourth-order valence-corrected chi connectivity index (χ4v) is 3.36. The lowest BCUT2D eigenvalue weighted by atomic mass is 9.88. The van der Waals surface area contributed by atoms with E-state index in [9.17, 15) is 4.79 Å². The highest BCUT2D eigenvalue weighted by molar-refractivity contribution is 5.68. The van der Waals surface area contributed by atoms with Gasteiger partial charge in [-0.15, -0.1) is 0 Å². The highest BCUT2D eigenvalue weighted by Gasteiger charge is 2.43. The molecule has 2 aliphatic rings. The van der Waals surface area contributed by atoms with Gasteiger partial charge in [0.2, 0.25) is 0 Å². The molecular formula is C17H32N2O3. The summed E-state index contributed by atoms with van der Waals surface area (Å²) < 4.78 is 11.8. The van der Waals surface area contributed by atoms with Crippen LogP contribution in [0.25, 0.3) is 0 Å². The van der Waals surface area contributed by atoms with Gasteiger partial charge in [-0.1, -0.05) is 0 Å². The van der Waals surface area contributed by atoms with Crippen LogP contribution in [0, 0.1) is 0 Å². The van der Waals surface area contributed by atoms with E-state index in [4.69, 9.17) is 9.47 Å². The van der Waals surface area contributed by atoms with Crippen molar-refractivity contribution in [1.82, 2.24) is 9.80 Å². The van der Waals surface area contributed by atoms with Crippen LogP contribution < -0.4 is 0 Å². The highest BCUT2D eigenvalue weighted by Crippen LogP contribution is 2.33. The molecule has 0 aromatic heterocycles. The van der Waals surface area contributed by atoms with Crippen molar-refractivity contribution in [2.75, 3.05) is 26.2 Å². The largest absolute Gasteiger partial charge is 0.444 e. The van der Waals surface area contributed by atoms with Crippen molar-refractivity contribution < 1.29 is 14.3 Å². The number of carbonyl (C=O) groups excluding carboxylic acids is 1. The Balaban J connectivity index is 1.94. The SMILES string of the molecule is CC1CN(C(C)C)CC2(CCN(C(=O)OC(C)(C)C)CC2)O1. The second-order valence-corrected chi connectivity index (χ2v) is 8.10. The normalized spacial score (nSPS) is 26.5. The standard InChI is InChI=1S/C17H32N2O3/c1-13(2)19-11-14(3)21-17(12-19)7-9-18(10-8-17)15(20)22-16(4,5)6/h13-14H,7-12H2,1-6H3. The Morgan fingerprint density at radius 1 is 1.27 bits per heavy atom. The summed E-state index contributed by atoms with van der Waals surface area (Å²) in [7, 11) is 0. The van der Waals surface area contributed by atoms with Crippen LogP contribution in [0.3, 0.4) is 0 Å². The van der Waals surface area contributed by atoms with E-state index in [1.807, 2.05) is 25.7 Å². The number of rotatable bonds is 1. The number of hydrogen-bond donors (Lipinski definition) is 0. The summed E-state index contributed by atoms with van der Waals surface area (Å²) in [6.45, 7) is 15.7. The van der Waals surface area contributed by atoms with Crippen molar-refractivity contribution in [3.8, 4) is 0 Å². The molecule has 1 spiro atoms. The van der Waals surface area contributed by atoms with Gasteiger partial charge < -0.3 is 14.4 Å². The molecule has 0 aromatic carbocycles. The van der Waals surface area contributed by atoms with E-state index < -0.39 is 5.60 Å². The molecule has 2 fully saturated rings. The minimum absolute atomic E-state index is 0.0968. The maximum atomic E-state index is 12.2. The van der Waals surface area contributed by atoms with Gasteiger partial charge in [0, 0.05) is 32.2 Å². The molecule has 0 N–H and O–H groups in total. The molecule has 2 aliphatic heterocycles. The second-order valence-electron chi connectivity index (χ2n) is 8.10. The first-order valence-electron chi connectivity index (χ1n) is 8.50. The summed E-state index contributed by atoms with van der Waals surface area (Å²) in [6.07, 6.45) is 1.83. The molecular weight excluding hydrogens is 280 g/mol. The molecule has 5 nitrogen and oxygen atoms in total. The summed E-state index contributed by atoms with van der Waals surface area (Å²) in [6, 6.07) is 0.534. The minimum Gasteiger partial charge on any atom is -0.444 e. The average Bonchev–Trinajstić information content (AvgIpc) is 2.36. The predicted octanol–water partition coefficient (Wildman–Crippen LogP) is 2.89. The number of ether oxygens (including phenoxy) is 2. The fourth-order valence-electron chi connectivity index (χ4n) is 3.36. The van der Waals surface area contributed by atoms with Crippen LogP contribution in [-0.4, -0.2) is 65.4 Å². The molecule has 2 heterocycles. The Kier molecular flexibility index (Phi) is 5.07. The van der Waals surface area contributed by atoms with Gasteiger partial charge in [-0.3, -0.25) is 4.90 Å². The van der Waals surface area contributed by atoms with Crippen LogP contribution >= 0.6 is 0 Å². The third-order valence-electron chi connectivity index (χ3n) is 4.49. The molecule has 128 valence electrons. The highest BCUT2D eigenvalue weighted by atomic mass is 16.6. The van der Waals surface area contributed by atoms with Gasteiger partial charge >= 0.3 is 6.09 Å². The zero-order chi connectivity index (χ0) is 16.5. The van der Waals surface area contributed by atoms with Gasteiger partial charge in [0.1, 0.15) is 5.60 Å². The number of piperidine rings is 1. The Morgan fingerprint density at radius 3 is 2.36 bits per heavy atom. The quantitative estimate of drug-likeness (QED) is 0.746. The fraction of sp³-hybridized carbons (Fsp3) is 0.941. The first-order valence-corrected chi connectivity index (χ1v) is 8.50. The summed E-state index contributed by atoms with van der Waals surface area (Å²) >= 11 is 0. The Labute approximate surface area is 134 Å².